The lowest BCUT2D eigenvalue weighted by molar-refractivity contribution is -0.383. The standard InChI is InChI=1S/C12H9BrClN3O2/c13-7-1-3-9(14)11(5-7)16-8-2-4-12(17(18)19)10(15)6-8/h1-6,16H,15H2. The Bertz CT molecular complexity index is 649. The molecule has 0 aliphatic rings. The second kappa shape index (κ2) is 5.46. The van der Waals surface area contributed by atoms with Gasteiger partial charge >= 0.3 is 0 Å². The van der Waals surface area contributed by atoms with Crippen LogP contribution in [0.1, 0.15) is 0 Å². The van der Waals surface area contributed by atoms with E-state index >= 15 is 0 Å². The van der Waals surface area contributed by atoms with Crippen LogP contribution in [0.15, 0.2) is 40.9 Å². The molecule has 2 aromatic rings. The van der Waals surface area contributed by atoms with Crippen molar-refractivity contribution >= 4 is 50.3 Å². The van der Waals surface area contributed by atoms with Crippen LogP contribution < -0.4 is 11.1 Å². The molecule has 0 radical (unpaired) electrons. The zero-order valence-electron chi connectivity index (χ0n) is 9.56. The summed E-state index contributed by atoms with van der Waals surface area (Å²) in [5.41, 5.74) is 6.91. The Balaban J connectivity index is 2.31. The number of nitrogens with one attached hydrogen (secondary N) is 1. The van der Waals surface area contributed by atoms with Gasteiger partial charge in [0.15, 0.2) is 0 Å². The van der Waals surface area contributed by atoms with E-state index in [9.17, 15) is 10.1 Å². The van der Waals surface area contributed by atoms with Gasteiger partial charge in [-0.2, -0.15) is 0 Å². The van der Waals surface area contributed by atoms with Gasteiger partial charge in [-0.15, -0.1) is 0 Å². The first kappa shape index (κ1) is 13.6. The monoisotopic (exact) mass is 341 g/mol. The third-order valence-electron chi connectivity index (χ3n) is 2.43. The fraction of sp³-hybridized carbons (Fsp3) is 0. The van der Waals surface area contributed by atoms with Crippen molar-refractivity contribution in [3.05, 3.63) is 56.0 Å². The van der Waals surface area contributed by atoms with Crippen LogP contribution in [-0.4, -0.2) is 4.92 Å². The van der Waals surface area contributed by atoms with Gasteiger partial charge in [0, 0.05) is 16.2 Å². The van der Waals surface area contributed by atoms with E-state index in [0.29, 0.717) is 16.4 Å². The molecule has 0 spiro atoms. The molecular weight excluding hydrogens is 334 g/mol. The van der Waals surface area contributed by atoms with Crippen molar-refractivity contribution in [1.29, 1.82) is 0 Å². The highest BCUT2D eigenvalue weighted by molar-refractivity contribution is 9.10. The summed E-state index contributed by atoms with van der Waals surface area (Å²) in [6, 6.07) is 9.78. The van der Waals surface area contributed by atoms with Gasteiger partial charge < -0.3 is 11.1 Å². The van der Waals surface area contributed by atoms with Crippen molar-refractivity contribution in [3.63, 3.8) is 0 Å². The summed E-state index contributed by atoms with van der Waals surface area (Å²) in [5.74, 6) is 0. The number of nitrogens with two attached hydrogens (primary N) is 1. The number of benzene rings is 2. The van der Waals surface area contributed by atoms with Crippen LogP contribution in [0.4, 0.5) is 22.7 Å². The zero-order valence-corrected chi connectivity index (χ0v) is 11.9. The minimum Gasteiger partial charge on any atom is -0.393 e. The van der Waals surface area contributed by atoms with Crippen LogP contribution in [0, 0.1) is 10.1 Å². The lowest BCUT2D eigenvalue weighted by Gasteiger charge is -2.09. The molecule has 0 saturated carbocycles. The van der Waals surface area contributed by atoms with Gasteiger partial charge in [-0.3, -0.25) is 10.1 Å². The van der Waals surface area contributed by atoms with Gasteiger partial charge in [-0.1, -0.05) is 27.5 Å². The van der Waals surface area contributed by atoms with Crippen LogP contribution in [-0.2, 0) is 0 Å². The van der Waals surface area contributed by atoms with Crippen LogP contribution >= 0.6 is 27.5 Å². The van der Waals surface area contributed by atoms with E-state index in [1.807, 2.05) is 6.07 Å². The molecule has 0 saturated heterocycles. The van der Waals surface area contributed by atoms with E-state index in [1.54, 1.807) is 18.2 Å². The molecule has 0 aliphatic carbocycles. The number of halogens is 2. The third kappa shape index (κ3) is 3.15. The highest BCUT2D eigenvalue weighted by atomic mass is 79.9. The molecule has 0 aromatic heterocycles. The maximum Gasteiger partial charge on any atom is 0.292 e. The highest BCUT2D eigenvalue weighted by Crippen LogP contribution is 2.31. The van der Waals surface area contributed by atoms with Crippen molar-refractivity contribution in [2.75, 3.05) is 11.1 Å². The predicted octanol–water partition coefficient (Wildman–Crippen LogP) is 4.34. The molecule has 0 atom stereocenters. The van der Waals surface area contributed by atoms with Gasteiger partial charge in [-0.05, 0) is 30.3 Å². The first-order valence-corrected chi connectivity index (χ1v) is 6.40. The van der Waals surface area contributed by atoms with E-state index in [2.05, 4.69) is 21.2 Å². The highest BCUT2D eigenvalue weighted by Gasteiger charge is 2.11. The predicted molar refractivity (Wildman–Crippen MR) is 79.9 cm³/mol. The Morgan fingerprint density at radius 3 is 2.63 bits per heavy atom. The molecule has 5 nitrogen and oxygen atoms in total. The van der Waals surface area contributed by atoms with E-state index in [1.165, 1.54) is 12.1 Å². The average molecular weight is 343 g/mol. The van der Waals surface area contributed by atoms with Gasteiger partial charge in [0.25, 0.3) is 5.69 Å². The lowest BCUT2D eigenvalue weighted by Crippen LogP contribution is -1.98. The van der Waals surface area contributed by atoms with Crippen LogP contribution in [0.2, 0.25) is 5.02 Å². The molecule has 0 fully saturated rings. The molecule has 3 N–H and O–H groups in total. The van der Waals surface area contributed by atoms with Crippen molar-refractivity contribution < 1.29 is 4.92 Å². The van der Waals surface area contributed by atoms with Crippen LogP contribution in [0.3, 0.4) is 0 Å². The maximum atomic E-state index is 10.7. The molecule has 2 rings (SSSR count). The molecule has 0 amide bonds. The zero-order chi connectivity index (χ0) is 14.0. The van der Waals surface area contributed by atoms with Crippen molar-refractivity contribution in [1.82, 2.24) is 0 Å². The number of rotatable bonds is 3. The number of hydrogen-bond acceptors (Lipinski definition) is 4. The summed E-state index contributed by atoms with van der Waals surface area (Å²) in [7, 11) is 0. The normalized spacial score (nSPS) is 10.2. The van der Waals surface area contributed by atoms with E-state index in [4.69, 9.17) is 17.3 Å². The SMILES string of the molecule is Nc1cc(Nc2cc(Br)ccc2Cl)ccc1[N+](=O)[O-]. The number of nitrogens with zero attached hydrogens (tertiary/aromatic N) is 1. The van der Waals surface area contributed by atoms with E-state index < -0.39 is 4.92 Å². The summed E-state index contributed by atoms with van der Waals surface area (Å²) in [5, 5.41) is 14.3. The number of nitro benzene ring substituents is 1. The Morgan fingerprint density at radius 2 is 2.00 bits per heavy atom. The summed E-state index contributed by atoms with van der Waals surface area (Å²) < 4.78 is 0.870. The first-order valence-electron chi connectivity index (χ1n) is 5.23. The van der Waals surface area contributed by atoms with Crippen LogP contribution in [0.25, 0.3) is 0 Å². The number of anilines is 3. The summed E-state index contributed by atoms with van der Waals surface area (Å²) >= 11 is 9.39. The van der Waals surface area contributed by atoms with Gasteiger partial charge in [-0.25, -0.2) is 0 Å². The second-order valence-corrected chi connectivity index (χ2v) is 5.10. The van der Waals surface area contributed by atoms with Crippen LogP contribution in [0.5, 0.6) is 0 Å². The molecular formula is C12H9BrClN3O2. The average Bonchev–Trinajstić information content (AvgIpc) is 2.33. The minimum atomic E-state index is -0.523. The van der Waals surface area contributed by atoms with E-state index in [-0.39, 0.29) is 11.4 Å². The van der Waals surface area contributed by atoms with E-state index in [0.717, 1.165) is 4.47 Å². The first-order chi connectivity index (χ1) is 8.97. The molecule has 0 bridgehead atoms. The fourth-order valence-corrected chi connectivity index (χ4v) is 2.07. The molecule has 19 heavy (non-hydrogen) atoms. The van der Waals surface area contributed by atoms with Crippen molar-refractivity contribution in [2.45, 2.75) is 0 Å². The lowest BCUT2D eigenvalue weighted by atomic mass is 10.2. The quantitative estimate of drug-likeness (QED) is 0.494. The summed E-state index contributed by atoms with van der Waals surface area (Å²) in [4.78, 5) is 10.1. The second-order valence-electron chi connectivity index (χ2n) is 3.78. The minimum absolute atomic E-state index is 0.0983. The Labute approximate surface area is 122 Å². The number of nitro groups is 1. The van der Waals surface area contributed by atoms with Crippen molar-refractivity contribution in [2.24, 2.45) is 0 Å². The molecule has 0 heterocycles. The molecule has 98 valence electrons. The number of nitrogen functional groups attached to an aromatic ring is 1. The third-order valence-corrected chi connectivity index (χ3v) is 3.25. The summed E-state index contributed by atoms with van der Waals surface area (Å²) in [6.07, 6.45) is 0. The topological polar surface area (TPSA) is 81.2 Å². The Kier molecular flexibility index (Phi) is 3.92. The Hall–Kier alpha value is -1.79. The molecule has 2 aromatic carbocycles. The Morgan fingerprint density at radius 1 is 1.26 bits per heavy atom. The molecule has 7 heteroatoms. The molecule has 0 unspecified atom stereocenters. The maximum absolute atomic E-state index is 10.7. The fourth-order valence-electron chi connectivity index (χ4n) is 1.55. The van der Waals surface area contributed by atoms with Crippen molar-refractivity contribution in [3.8, 4) is 0 Å². The smallest absolute Gasteiger partial charge is 0.292 e. The number of hydrogen-bond donors (Lipinski definition) is 2. The molecule has 0 aliphatic heterocycles. The van der Waals surface area contributed by atoms with Gasteiger partial charge in [0.1, 0.15) is 5.69 Å². The largest absolute Gasteiger partial charge is 0.393 e. The van der Waals surface area contributed by atoms with Gasteiger partial charge in [0.05, 0.1) is 15.6 Å². The summed E-state index contributed by atoms with van der Waals surface area (Å²) in [6.45, 7) is 0. The van der Waals surface area contributed by atoms with Gasteiger partial charge in [0.2, 0.25) is 0 Å².